The summed E-state index contributed by atoms with van der Waals surface area (Å²) in [7, 11) is 0. The molecule has 1 saturated heterocycles. The normalized spacial score (nSPS) is 21.1. The maximum atomic E-state index is 12.3. The van der Waals surface area contributed by atoms with Gasteiger partial charge in [-0.15, -0.1) is 0 Å². The Morgan fingerprint density at radius 1 is 1.37 bits per heavy atom. The fourth-order valence-electron chi connectivity index (χ4n) is 3.31. The van der Waals surface area contributed by atoms with Gasteiger partial charge in [0.25, 0.3) is 0 Å². The highest BCUT2D eigenvalue weighted by Crippen LogP contribution is 2.27. The molecule has 1 heterocycles. The molecule has 0 aliphatic carbocycles. The molecule has 0 unspecified atom stereocenters. The molecule has 0 spiro atoms. The van der Waals surface area contributed by atoms with Crippen LogP contribution >= 0.6 is 15.9 Å². The Morgan fingerprint density at radius 2 is 2.11 bits per heavy atom. The number of nitrogens with one attached hydrogen (secondary N) is 1. The van der Waals surface area contributed by atoms with Crippen LogP contribution in [0.3, 0.4) is 0 Å². The lowest BCUT2D eigenvalue weighted by atomic mass is 10.1. The molecule has 0 radical (unpaired) electrons. The number of phenols is 1. The number of hydrogen-bond donors (Lipinski definition) is 5. The van der Waals surface area contributed by atoms with Crippen LogP contribution in [0.5, 0.6) is 5.75 Å². The Balaban J connectivity index is 1.96. The molecule has 27 heavy (non-hydrogen) atoms. The van der Waals surface area contributed by atoms with E-state index in [1.165, 1.54) is 0 Å². The monoisotopic (exact) mass is 441 g/mol. The van der Waals surface area contributed by atoms with Crippen molar-refractivity contribution in [1.82, 2.24) is 10.2 Å². The van der Waals surface area contributed by atoms with E-state index in [-0.39, 0.29) is 17.7 Å². The van der Waals surface area contributed by atoms with Crippen molar-refractivity contribution in [3.63, 3.8) is 0 Å². The average Bonchev–Trinajstić information content (AvgIpc) is 3.00. The highest BCUT2D eigenvalue weighted by atomic mass is 79.9. The summed E-state index contributed by atoms with van der Waals surface area (Å²) in [5.41, 5.74) is 17.9. The van der Waals surface area contributed by atoms with Crippen LogP contribution in [0.4, 0.5) is 0 Å². The number of benzene rings is 1. The largest absolute Gasteiger partial charge is 0.507 e. The molecule has 0 saturated carbocycles. The van der Waals surface area contributed by atoms with E-state index in [9.17, 15) is 14.7 Å². The molecule has 1 aliphatic heterocycles. The van der Waals surface area contributed by atoms with Crippen LogP contribution in [0.1, 0.15) is 31.2 Å². The van der Waals surface area contributed by atoms with Crippen molar-refractivity contribution in [3.8, 4) is 5.75 Å². The molecule has 1 fully saturated rings. The van der Waals surface area contributed by atoms with E-state index in [0.717, 1.165) is 18.4 Å². The van der Waals surface area contributed by atoms with E-state index in [4.69, 9.17) is 17.2 Å². The number of nitrogens with zero attached hydrogens (tertiary/aromatic N) is 1. The Morgan fingerprint density at radius 3 is 2.74 bits per heavy atom. The van der Waals surface area contributed by atoms with Gasteiger partial charge >= 0.3 is 0 Å². The van der Waals surface area contributed by atoms with Crippen LogP contribution in [-0.2, 0) is 16.1 Å². The number of halogens is 1. The predicted molar refractivity (Wildman–Crippen MR) is 107 cm³/mol. The first-order valence-corrected chi connectivity index (χ1v) is 9.88. The summed E-state index contributed by atoms with van der Waals surface area (Å²) in [5, 5.41) is 12.5. The van der Waals surface area contributed by atoms with Gasteiger partial charge in [0.1, 0.15) is 5.75 Å². The van der Waals surface area contributed by atoms with Crippen molar-refractivity contribution in [3.05, 3.63) is 28.2 Å². The van der Waals surface area contributed by atoms with Gasteiger partial charge in [-0.25, -0.2) is 0 Å². The SMILES string of the molecule is NCCCC[C@H](N)C(=O)N[C@H]1C[C@@H](C(N)=O)N(Cc2ccc(O)c(Br)c2)C1. The quantitative estimate of drug-likeness (QED) is 0.344. The van der Waals surface area contributed by atoms with Crippen LogP contribution in [0.25, 0.3) is 0 Å². The van der Waals surface area contributed by atoms with Crippen molar-refractivity contribution in [1.29, 1.82) is 0 Å². The van der Waals surface area contributed by atoms with Gasteiger partial charge in [-0.05, 0) is 59.4 Å². The number of hydrogen-bond acceptors (Lipinski definition) is 6. The maximum Gasteiger partial charge on any atom is 0.237 e. The van der Waals surface area contributed by atoms with E-state index >= 15 is 0 Å². The van der Waals surface area contributed by atoms with Gasteiger partial charge in [-0.1, -0.05) is 12.5 Å². The summed E-state index contributed by atoms with van der Waals surface area (Å²) in [6.45, 7) is 1.58. The molecule has 8 nitrogen and oxygen atoms in total. The number of rotatable bonds is 9. The number of unbranched alkanes of at least 4 members (excludes halogenated alkanes) is 1. The molecule has 2 amide bonds. The fourth-order valence-corrected chi connectivity index (χ4v) is 3.74. The highest BCUT2D eigenvalue weighted by molar-refractivity contribution is 9.10. The van der Waals surface area contributed by atoms with Gasteiger partial charge in [0, 0.05) is 19.1 Å². The molecular formula is C18H28BrN5O3. The van der Waals surface area contributed by atoms with Gasteiger partial charge in [0.15, 0.2) is 0 Å². The Labute approximate surface area is 167 Å². The first-order valence-electron chi connectivity index (χ1n) is 9.08. The standard InChI is InChI=1S/C18H28BrN5O3/c19-13-7-11(4-5-16(13)25)9-24-10-12(8-15(24)17(22)26)23-18(27)14(21)3-1-2-6-20/h4-5,7,12,14-15,25H,1-3,6,8-10,20-21H2,(H2,22,26)(H,23,27)/t12-,14-,15-/m0/s1. The summed E-state index contributed by atoms with van der Waals surface area (Å²) >= 11 is 3.29. The summed E-state index contributed by atoms with van der Waals surface area (Å²) in [5.74, 6) is -0.480. The second kappa shape index (κ2) is 10.0. The molecule has 0 aromatic heterocycles. The fraction of sp³-hybridized carbons (Fsp3) is 0.556. The summed E-state index contributed by atoms with van der Waals surface area (Å²) in [6.07, 6.45) is 2.68. The number of nitrogens with two attached hydrogens (primary N) is 3. The van der Waals surface area contributed by atoms with Crippen LogP contribution in [-0.4, -0.2) is 53.0 Å². The third-order valence-corrected chi connectivity index (χ3v) is 5.42. The van der Waals surface area contributed by atoms with Gasteiger partial charge in [0.2, 0.25) is 11.8 Å². The lowest BCUT2D eigenvalue weighted by Gasteiger charge is -2.22. The second-order valence-electron chi connectivity index (χ2n) is 6.97. The molecule has 1 aromatic rings. The molecular weight excluding hydrogens is 414 g/mol. The minimum absolute atomic E-state index is 0.153. The van der Waals surface area contributed by atoms with Crippen molar-refractivity contribution < 1.29 is 14.7 Å². The van der Waals surface area contributed by atoms with Gasteiger partial charge in [-0.3, -0.25) is 14.5 Å². The molecule has 1 aromatic carbocycles. The van der Waals surface area contributed by atoms with Crippen LogP contribution in [0.15, 0.2) is 22.7 Å². The van der Waals surface area contributed by atoms with E-state index in [0.29, 0.717) is 36.9 Å². The Hall–Kier alpha value is -1.68. The van der Waals surface area contributed by atoms with Crippen molar-refractivity contribution in [2.24, 2.45) is 17.2 Å². The van der Waals surface area contributed by atoms with E-state index < -0.39 is 18.0 Å². The number of aromatic hydroxyl groups is 1. The van der Waals surface area contributed by atoms with Crippen molar-refractivity contribution in [2.45, 2.75) is 50.4 Å². The van der Waals surface area contributed by atoms with Crippen molar-refractivity contribution >= 4 is 27.7 Å². The predicted octanol–water partition coefficient (Wildman–Crippen LogP) is 0.155. The number of primary amides is 1. The number of carbonyl (C=O) groups excluding carboxylic acids is 2. The lowest BCUT2D eigenvalue weighted by Crippen LogP contribution is -2.46. The van der Waals surface area contributed by atoms with E-state index in [2.05, 4.69) is 21.2 Å². The van der Waals surface area contributed by atoms with Crippen LogP contribution < -0.4 is 22.5 Å². The first-order chi connectivity index (χ1) is 12.8. The van der Waals surface area contributed by atoms with Crippen LogP contribution in [0.2, 0.25) is 0 Å². The van der Waals surface area contributed by atoms with Crippen LogP contribution in [0, 0.1) is 0 Å². The number of amides is 2. The molecule has 150 valence electrons. The molecule has 8 N–H and O–H groups in total. The highest BCUT2D eigenvalue weighted by Gasteiger charge is 2.36. The summed E-state index contributed by atoms with van der Waals surface area (Å²) in [6, 6.07) is 3.96. The molecule has 3 atom stereocenters. The minimum Gasteiger partial charge on any atom is -0.507 e. The first kappa shape index (κ1) is 21.6. The third-order valence-electron chi connectivity index (χ3n) is 4.78. The average molecular weight is 442 g/mol. The molecule has 2 rings (SSSR count). The van der Waals surface area contributed by atoms with Gasteiger partial charge in [0.05, 0.1) is 16.6 Å². The smallest absolute Gasteiger partial charge is 0.237 e. The maximum absolute atomic E-state index is 12.3. The number of phenolic OH excluding ortho intramolecular Hbond substituents is 1. The minimum atomic E-state index is -0.578. The summed E-state index contributed by atoms with van der Waals surface area (Å²) in [4.78, 5) is 26.1. The van der Waals surface area contributed by atoms with E-state index in [1.807, 2.05) is 4.90 Å². The zero-order valence-electron chi connectivity index (χ0n) is 15.2. The molecule has 9 heteroatoms. The zero-order valence-corrected chi connectivity index (χ0v) is 16.8. The van der Waals surface area contributed by atoms with Gasteiger partial charge in [-0.2, -0.15) is 0 Å². The second-order valence-corrected chi connectivity index (χ2v) is 7.82. The number of carbonyl (C=O) groups is 2. The Bertz CT molecular complexity index is 672. The molecule has 1 aliphatic rings. The summed E-state index contributed by atoms with van der Waals surface area (Å²) < 4.78 is 0.586. The molecule has 0 bridgehead atoms. The number of likely N-dealkylation sites (tertiary alicyclic amines) is 1. The lowest BCUT2D eigenvalue weighted by molar-refractivity contribution is -0.124. The van der Waals surface area contributed by atoms with Gasteiger partial charge < -0.3 is 27.6 Å². The third kappa shape index (κ3) is 6.17. The topological polar surface area (TPSA) is 148 Å². The zero-order chi connectivity index (χ0) is 20.0. The Kier molecular flexibility index (Phi) is 8.03. The van der Waals surface area contributed by atoms with Crippen molar-refractivity contribution in [2.75, 3.05) is 13.1 Å². The van der Waals surface area contributed by atoms with E-state index in [1.54, 1.807) is 18.2 Å².